The van der Waals surface area contributed by atoms with Crippen LogP contribution in [-0.4, -0.2) is 76.0 Å². The zero-order chi connectivity index (χ0) is 57.0. The Bertz CT molecular complexity index is 3820. The maximum Gasteiger partial charge on any atom is 0.416 e. The highest BCUT2D eigenvalue weighted by atomic mass is 19.4. The van der Waals surface area contributed by atoms with Gasteiger partial charge < -0.3 is 24.5 Å². The Labute approximate surface area is 453 Å². The summed E-state index contributed by atoms with van der Waals surface area (Å²) >= 11 is 0. The summed E-state index contributed by atoms with van der Waals surface area (Å²) in [6, 6.07) is 26.0. The van der Waals surface area contributed by atoms with Crippen LogP contribution in [0.15, 0.2) is 110 Å². The van der Waals surface area contributed by atoms with Crippen molar-refractivity contribution in [1.29, 1.82) is 5.26 Å². The second-order valence-electron chi connectivity index (χ2n) is 20.5. The molecular formula is C57H49F6N13O4. The van der Waals surface area contributed by atoms with E-state index >= 15 is 0 Å². The number of carbonyl (C=O) groups is 3. The van der Waals surface area contributed by atoms with Crippen LogP contribution < -0.4 is 20.4 Å². The quantitative estimate of drug-likeness (QED) is 0.0726. The molecule has 23 heteroatoms. The summed E-state index contributed by atoms with van der Waals surface area (Å²) in [6.07, 6.45) is -6.24. The Morgan fingerprint density at radius 1 is 0.662 bits per heavy atom. The highest BCUT2D eigenvalue weighted by Gasteiger charge is 2.42. The largest absolute Gasteiger partial charge is 0.458 e. The van der Waals surface area contributed by atoms with E-state index in [1.165, 1.54) is 47.9 Å². The molecule has 6 heterocycles. The van der Waals surface area contributed by atoms with Gasteiger partial charge in [0.1, 0.15) is 48.1 Å². The highest BCUT2D eigenvalue weighted by Crippen LogP contribution is 2.43. The molecular weight excluding hydrogens is 1040 g/mol. The number of nitrogens with one attached hydrogen (secondary N) is 2. The van der Waals surface area contributed by atoms with Crippen molar-refractivity contribution in [1.82, 2.24) is 39.5 Å². The summed E-state index contributed by atoms with van der Waals surface area (Å²) in [6.45, 7) is 6.69. The zero-order valence-electron chi connectivity index (χ0n) is 43.8. The van der Waals surface area contributed by atoms with E-state index in [4.69, 9.17) is 9.72 Å². The Hall–Kier alpha value is -9.46. The van der Waals surface area contributed by atoms with Gasteiger partial charge in [-0.15, -0.1) is 20.4 Å². The smallest absolute Gasteiger partial charge is 0.416 e. The van der Waals surface area contributed by atoms with Gasteiger partial charge in [0.25, 0.3) is 11.8 Å². The number of alkyl halides is 6. The van der Waals surface area contributed by atoms with Crippen LogP contribution in [0.25, 0.3) is 45.0 Å². The first-order valence-electron chi connectivity index (χ1n) is 25.1. The summed E-state index contributed by atoms with van der Waals surface area (Å²) in [5.41, 5.74) is 0.551. The van der Waals surface area contributed by atoms with Crippen LogP contribution in [0.5, 0.6) is 0 Å². The molecule has 0 bridgehead atoms. The molecule has 4 aromatic heterocycles. The Kier molecular flexibility index (Phi) is 14.0. The molecule has 2 aliphatic heterocycles. The molecule has 0 atom stereocenters. The van der Waals surface area contributed by atoms with E-state index in [-0.39, 0.29) is 64.2 Å². The average molecular weight is 1090 g/mol. The summed E-state index contributed by atoms with van der Waals surface area (Å²) < 4.78 is 94.6. The number of rotatable bonds is 15. The van der Waals surface area contributed by atoms with Crippen molar-refractivity contribution in [2.45, 2.75) is 65.2 Å². The van der Waals surface area contributed by atoms with Gasteiger partial charge in [-0.1, -0.05) is 38.1 Å². The molecule has 17 nitrogen and oxygen atoms in total. The number of halogens is 6. The second kappa shape index (κ2) is 20.7. The lowest BCUT2D eigenvalue weighted by atomic mass is 9.92. The monoisotopic (exact) mass is 1090 g/mol. The molecule has 0 fully saturated rings. The normalized spacial score (nSPS) is 13.4. The molecule has 0 saturated carbocycles. The molecule has 2 N–H and O–H groups in total. The Morgan fingerprint density at radius 2 is 1.19 bits per heavy atom. The average Bonchev–Trinajstić information content (AvgIpc) is 4.22. The number of carbonyl (C=O) groups excluding carboxylic acids is 3. The number of hydrogen-bond donors (Lipinski definition) is 2. The van der Waals surface area contributed by atoms with Crippen LogP contribution in [0.3, 0.4) is 0 Å². The van der Waals surface area contributed by atoms with E-state index in [0.717, 1.165) is 17.0 Å². The first-order chi connectivity index (χ1) is 38.0. The minimum absolute atomic E-state index is 0.0397. The first-order valence-corrected chi connectivity index (χ1v) is 25.1. The number of pyridine rings is 2. The predicted molar refractivity (Wildman–Crippen MR) is 284 cm³/mol. The number of esters is 1. The number of aromatic nitrogens is 8. The predicted octanol–water partition coefficient (Wildman–Crippen LogP) is 10.7. The number of aryl methyl sites for hydroxylation is 2. The summed E-state index contributed by atoms with van der Waals surface area (Å²) in [4.78, 5) is 53.3. The molecule has 0 saturated heterocycles. The standard InChI is InChI=1S/C57H49F6N13O4/c1-31(2)25-65-46-19-34(21-48(69-46)75-27-42-38(53(75)78)9-7-11-44(42)56(58,59)60)36-15-13-32(17-41(36)52-72-68-30-74(52)6)23-55(3,4)80-50(77)26-66-47-20-35(40-18-33(24-64)14-16-37(40)51-71-67-29-73(51)5)22-49(70-47)76-28-43-39(54(76)79)10-8-12-45(43)57(61,62)63/h7-22,29-31H,23,25-28H2,1-6H3,(H,65,69)(H,66,70). The molecule has 0 spiro atoms. The Balaban J connectivity index is 0.939. The summed E-state index contributed by atoms with van der Waals surface area (Å²) in [7, 11) is 3.49. The van der Waals surface area contributed by atoms with Gasteiger partial charge in [0.05, 0.1) is 35.8 Å². The van der Waals surface area contributed by atoms with Crippen molar-refractivity contribution in [2.75, 3.05) is 33.5 Å². The SMILES string of the molecule is CC(C)CNc1cc(-c2ccc(CC(C)(C)OC(=O)CNc3cc(-c4cc(C#N)ccc4-c4nncn4C)cc(N4Cc5c(cccc5C(F)(F)F)C4=O)n3)cc2-c2nncn2C)cc(N2Cc3c(cccc3C(F)(F)F)C2=O)n1. The minimum Gasteiger partial charge on any atom is -0.458 e. The van der Waals surface area contributed by atoms with E-state index < -0.39 is 60.0 Å². The van der Waals surface area contributed by atoms with Gasteiger partial charge >= 0.3 is 18.3 Å². The molecule has 0 unspecified atom stereocenters. The van der Waals surface area contributed by atoms with E-state index in [1.54, 1.807) is 73.5 Å². The van der Waals surface area contributed by atoms with E-state index in [0.29, 0.717) is 63.0 Å². The van der Waals surface area contributed by atoms with Crippen LogP contribution in [0.4, 0.5) is 49.6 Å². The summed E-state index contributed by atoms with van der Waals surface area (Å²) in [5, 5.41) is 33.0. The number of benzene rings is 4. The van der Waals surface area contributed by atoms with Gasteiger partial charge in [-0.25, -0.2) is 9.97 Å². The molecule has 10 rings (SSSR count). The van der Waals surface area contributed by atoms with Crippen molar-refractivity contribution in [3.63, 3.8) is 0 Å². The van der Waals surface area contributed by atoms with E-state index in [1.807, 2.05) is 32.0 Å². The van der Waals surface area contributed by atoms with E-state index in [2.05, 4.69) is 42.1 Å². The number of hydrogen-bond acceptors (Lipinski definition) is 13. The van der Waals surface area contributed by atoms with Gasteiger partial charge in [-0.05, 0) is 132 Å². The zero-order valence-corrected chi connectivity index (χ0v) is 43.8. The lowest BCUT2D eigenvalue weighted by Crippen LogP contribution is -2.33. The molecule has 8 aromatic rings. The van der Waals surface area contributed by atoms with Crippen molar-refractivity contribution in [3.8, 4) is 51.1 Å². The maximum absolute atomic E-state index is 14.2. The van der Waals surface area contributed by atoms with Crippen molar-refractivity contribution < 1.29 is 45.5 Å². The van der Waals surface area contributed by atoms with Gasteiger partial charge in [-0.3, -0.25) is 24.2 Å². The number of anilines is 4. The van der Waals surface area contributed by atoms with Crippen LogP contribution in [0.1, 0.15) is 81.8 Å². The highest BCUT2D eigenvalue weighted by molar-refractivity contribution is 6.11. The maximum atomic E-state index is 14.2. The number of nitrogens with zero attached hydrogens (tertiary/aromatic N) is 11. The van der Waals surface area contributed by atoms with Crippen LogP contribution in [0, 0.1) is 17.2 Å². The van der Waals surface area contributed by atoms with Gasteiger partial charge in [0, 0.05) is 49.3 Å². The fourth-order valence-electron chi connectivity index (χ4n) is 9.95. The van der Waals surface area contributed by atoms with Crippen molar-refractivity contribution in [2.24, 2.45) is 20.0 Å². The Morgan fingerprint density at radius 3 is 1.70 bits per heavy atom. The fourth-order valence-corrected chi connectivity index (χ4v) is 9.95. The molecule has 0 aliphatic carbocycles. The lowest BCUT2D eigenvalue weighted by Gasteiger charge is -2.26. The number of ether oxygens (including phenoxy) is 1. The summed E-state index contributed by atoms with van der Waals surface area (Å²) in [5.74, 6) is -0.478. The van der Waals surface area contributed by atoms with Crippen molar-refractivity contribution in [3.05, 3.63) is 154 Å². The number of fused-ring (bicyclic) bond motifs is 2. The fraction of sp³-hybridized carbons (Fsp3) is 0.263. The molecule has 0 radical (unpaired) electrons. The topological polar surface area (TPSA) is 202 Å². The van der Waals surface area contributed by atoms with Crippen molar-refractivity contribution >= 4 is 41.1 Å². The molecule has 80 heavy (non-hydrogen) atoms. The van der Waals surface area contributed by atoms with Crippen LogP contribution >= 0.6 is 0 Å². The van der Waals surface area contributed by atoms with Gasteiger partial charge in [0.15, 0.2) is 11.6 Å². The number of amides is 2. The molecule has 4 aromatic carbocycles. The van der Waals surface area contributed by atoms with Gasteiger partial charge in [-0.2, -0.15) is 31.6 Å². The molecule has 2 amide bonds. The third kappa shape index (κ3) is 10.8. The minimum atomic E-state index is -4.74. The second-order valence-corrected chi connectivity index (χ2v) is 20.5. The van der Waals surface area contributed by atoms with Crippen LogP contribution in [0.2, 0.25) is 0 Å². The molecule has 408 valence electrons. The molecule has 2 aliphatic rings. The first kappa shape index (κ1) is 53.9. The van der Waals surface area contributed by atoms with Gasteiger partial charge in [0.2, 0.25) is 0 Å². The van der Waals surface area contributed by atoms with Crippen LogP contribution in [-0.2, 0) is 55.5 Å². The lowest BCUT2D eigenvalue weighted by molar-refractivity contribution is -0.154. The van der Waals surface area contributed by atoms with E-state index in [9.17, 15) is 46.0 Å². The third-order valence-corrected chi connectivity index (χ3v) is 13.6. The third-order valence-electron chi connectivity index (χ3n) is 13.6. The number of nitriles is 1.